The molecule has 0 atom stereocenters. The van der Waals surface area contributed by atoms with E-state index in [0.717, 1.165) is 4.90 Å². The number of nitrogens with one attached hydrogen (secondary N) is 4. The number of carboxylic acids is 4. The van der Waals surface area contributed by atoms with Gasteiger partial charge in [-0.15, -0.1) is 0 Å². The zero-order valence-electron chi connectivity index (χ0n) is 25.6. The molecule has 262 valence electrons. The summed E-state index contributed by atoms with van der Waals surface area (Å²) in [4.78, 5) is 100. The van der Waals surface area contributed by atoms with Crippen molar-refractivity contribution in [2.24, 2.45) is 0 Å². The number of hydrogen-bond donors (Lipinski definition) is 8. The highest BCUT2D eigenvalue weighted by Crippen LogP contribution is 2.20. The van der Waals surface area contributed by atoms with Gasteiger partial charge in [0.05, 0.1) is 56.7 Å². The molecule has 0 saturated carbocycles. The molecule has 0 spiro atoms. The normalized spacial score (nSPS) is 11.1. The van der Waals surface area contributed by atoms with Gasteiger partial charge >= 0.3 is 23.9 Å². The number of H-pyrrole nitrogens is 1. The molecule has 3 amide bonds. The average Bonchev–Trinajstić information content (AvgIpc) is 2.96. The first kappa shape index (κ1) is 39.3. The summed E-state index contributed by atoms with van der Waals surface area (Å²) >= 11 is 2.99. The summed E-state index contributed by atoms with van der Waals surface area (Å²) in [6.07, 6.45) is -0.170. The summed E-state index contributed by atoms with van der Waals surface area (Å²) in [6.45, 7) is -3.05. The summed E-state index contributed by atoms with van der Waals surface area (Å²) in [7, 11) is 0. The minimum atomic E-state index is -1.27. The van der Waals surface area contributed by atoms with Gasteiger partial charge in [-0.05, 0) is 17.7 Å². The van der Waals surface area contributed by atoms with Crippen LogP contribution in [0.3, 0.4) is 0 Å². The molecular formula is C28H36BrN7O12. The summed E-state index contributed by atoms with van der Waals surface area (Å²) in [5, 5.41) is 44.9. The SMILES string of the molecule is O=C(O)CN(CCN(CC(=O)O)CC(=O)O)CCN(CC(=O)O)CC(=O)Nc1ccc2c(CC(=O)NCNC(=O)CBr)cc(=O)[nH]c2c1. The largest absolute Gasteiger partial charge is 0.480 e. The van der Waals surface area contributed by atoms with Crippen molar-refractivity contribution in [3.63, 3.8) is 0 Å². The van der Waals surface area contributed by atoms with E-state index in [9.17, 15) is 48.6 Å². The number of rotatable bonds is 22. The van der Waals surface area contributed by atoms with Gasteiger partial charge in [0.1, 0.15) is 0 Å². The van der Waals surface area contributed by atoms with Crippen molar-refractivity contribution in [3.8, 4) is 0 Å². The van der Waals surface area contributed by atoms with Crippen LogP contribution in [0.25, 0.3) is 10.9 Å². The molecule has 0 bridgehead atoms. The van der Waals surface area contributed by atoms with E-state index < -0.39 is 74.0 Å². The van der Waals surface area contributed by atoms with Crippen LogP contribution < -0.4 is 21.5 Å². The Kier molecular flexibility index (Phi) is 16.1. The maximum atomic E-state index is 12.9. The van der Waals surface area contributed by atoms with Crippen molar-refractivity contribution >= 4 is 74.1 Å². The molecule has 2 rings (SSSR count). The van der Waals surface area contributed by atoms with Gasteiger partial charge < -0.3 is 41.4 Å². The molecule has 0 aliphatic rings. The van der Waals surface area contributed by atoms with Gasteiger partial charge in [-0.2, -0.15) is 0 Å². The number of aromatic nitrogens is 1. The zero-order valence-corrected chi connectivity index (χ0v) is 27.2. The fraction of sp³-hybridized carbons (Fsp3) is 0.429. The van der Waals surface area contributed by atoms with Crippen LogP contribution in [0.5, 0.6) is 0 Å². The van der Waals surface area contributed by atoms with E-state index >= 15 is 0 Å². The highest BCUT2D eigenvalue weighted by atomic mass is 79.9. The Morgan fingerprint density at radius 1 is 0.667 bits per heavy atom. The minimum absolute atomic E-state index is 0.0444. The molecule has 1 aromatic heterocycles. The third-order valence-corrected chi connectivity index (χ3v) is 7.03. The predicted molar refractivity (Wildman–Crippen MR) is 172 cm³/mol. The molecule has 0 fully saturated rings. The quantitative estimate of drug-likeness (QED) is 0.0471. The van der Waals surface area contributed by atoms with Gasteiger partial charge in [-0.25, -0.2) is 0 Å². The van der Waals surface area contributed by atoms with E-state index in [1.807, 2.05) is 0 Å². The number of alkyl halides is 1. The van der Waals surface area contributed by atoms with E-state index in [-0.39, 0.29) is 56.2 Å². The fourth-order valence-corrected chi connectivity index (χ4v) is 4.71. The van der Waals surface area contributed by atoms with Crippen LogP contribution >= 0.6 is 15.9 Å². The number of carboxylic acid groups (broad SMARTS) is 4. The van der Waals surface area contributed by atoms with Crippen LogP contribution in [0.1, 0.15) is 5.56 Å². The summed E-state index contributed by atoms with van der Waals surface area (Å²) in [6, 6.07) is 5.81. The lowest BCUT2D eigenvalue weighted by atomic mass is 10.1. The van der Waals surface area contributed by atoms with E-state index in [1.165, 1.54) is 28.0 Å². The molecule has 19 nitrogen and oxygen atoms in total. The van der Waals surface area contributed by atoms with E-state index in [4.69, 9.17) is 10.2 Å². The van der Waals surface area contributed by atoms with Crippen LogP contribution in [-0.4, -0.2) is 153 Å². The fourth-order valence-electron chi connectivity index (χ4n) is 4.51. The number of fused-ring (bicyclic) bond motifs is 1. The molecule has 0 unspecified atom stereocenters. The lowest BCUT2D eigenvalue weighted by Crippen LogP contribution is -2.46. The number of hydrogen-bond acceptors (Lipinski definition) is 11. The Labute approximate surface area is 281 Å². The second-order valence-corrected chi connectivity index (χ2v) is 11.0. The van der Waals surface area contributed by atoms with Crippen molar-refractivity contribution in [1.82, 2.24) is 30.3 Å². The molecule has 48 heavy (non-hydrogen) atoms. The predicted octanol–water partition coefficient (Wildman–Crippen LogP) is -2.16. The standard InChI is InChI=1S/C28H36BrN7O12/c29-10-23(39)31-16-30-21(37)7-17-8-22(38)33-20-9-18(1-2-19(17)20)32-24(40)11-35(13-26(43)44)5-3-34(12-25(41)42)4-6-36(14-27(45)46)15-28(47)48/h1-2,8-9H,3-7,10-16H2,(H,30,37)(H,31,39)(H,32,40)(H,33,38)(H,41,42)(H,43,44)(H,45,46)(H,47,48). The number of nitrogens with zero attached hydrogens (tertiary/aromatic N) is 3. The molecule has 1 aromatic carbocycles. The van der Waals surface area contributed by atoms with Gasteiger partial charge in [-0.3, -0.25) is 53.1 Å². The van der Waals surface area contributed by atoms with Crippen molar-refractivity contribution in [3.05, 3.63) is 40.2 Å². The zero-order chi connectivity index (χ0) is 35.8. The van der Waals surface area contributed by atoms with Gasteiger partial charge in [-0.1, -0.05) is 22.0 Å². The number of carbonyl (C=O) groups excluding carboxylic acids is 3. The van der Waals surface area contributed by atoms with Crippen LogP contribution in [0, 0.1) is 0 Å². The van der Waals surface area contributed by atoms with Crippen molar-refractivity contribution < 1.29 is 54.0 Å². The van der Waals surface area contributed by atoms with E-state index in [2.05, 4.69) is 36.9 Å². The second-order valence-electron chi connectivity index (χ2n) is 10.4. The molecule has 2 aromatic rings. The number of anilines is 1. The first-order valence-corrected chi connectivity index (χ1v) is 15.4. The number of pyridine rings is 1. The summed E-state index contributed by atoms with van der Waals surface area (Å²) < 4.78 is 0. The molecule has 1 heterocycles. The van der Waals surface area contributed by atoms with Crippen LogP contribution in [0.4, 0.5) is 5.69 Å². The molecule has 0 aliphatic carbocycles. The maximum absolute atomic E-state index is 12.9. The third-order valence-electron chi connectivity index (χ3n) is 6.52. The Morgan fingerprint density at radius 3 is 1.71 bits per heavy atom. The van der Waals surface area contributed by atoms with Crippen LogP contribution in [0.2, 0.25) is 0 Å². The first-order chi connectivity index (χ1) is 22.6. The monoisotopic (exact) mass is 741 g/mol. The molecule has 0 aliphatic heterocycles. The molecule has 0 radical (unpaired) electrons. The third kappa shape index (κ3) is 15.1. The lowest BCUT2D eigenvalue weighted by molar-refractivity contribution is -0.143. The molecule has 8 N–H and O–H groups in total. The minimum Gasteiger partial charge on any atom is -0.480 e. The molecule has 20 heteroatoms. The maximum Gasteiger partial charge on any atom is 0.317 e. The first-order valence-electron chi connectivity index (χ1n) is 14.2. The van der Waals surface area contributed by atoms with Gasteiger partial charge in [0, 0.05) is 43.3 Å². The topological polar surface area (TPSA) is 279 Å². The molecule has 0 saturated heterocycles. The Bertz CT molecular complexity index is 1550. The van der Waals surface area contributed by atoms with E-state index in [0.29, 0.717) is 16.5 Å². The van der Waals surface area contributed by atoms with Gasteiger partial charge in [0.25, 0.3) is 0 Å². The number of aliphatic carboxylic acids is 4. The van der Waals surface area contributed by atoms with Crippen molar-refractivity contribution in [2.75, 3.05) is 76.2 Å². The molecular weight excluding hydrogens is 706 g/mol. The van der Waals surface area contributed by atoms with Crippen molar-refractivity contribution in [2.45, 2.75) is 6.42 Å². The summed E-state index contributed by atoms with van der Waals surface area (Å²) in [5.74, 6) is -6.42. The Balaban J connectivity index is 2.09. The van der Waals surface area contributed by atoms with Gasteiger partial charge in [0.2, 0.25) is 23.3 Å². The van der Waals surface area contributed by atoms with Gasteiger partial charge in [0.15, 0.2) is 0 Å². The Morgan fingerprint density at radius 2 is 1.17 bits per heavy atom. The smallest absolute Gasteiger partial charge is 0.317 e. The number of halogens is 1. The van der Waals surface area contributed by atoms with Crippen LogP contribution in [-0.2, 0) is 40.0 Å². The number of carbonyl (C=O) groups is 7. The number of amides is 3. The highest BCUT2D eigenvalue weighted by Gasteiger charge is 2.20. The van der Waals surface area contributed by atoms with Crippen molar-refractivity contribution in [1.29, 1.82) is 0 Å². The lowest BCUT2D eigenvalue weighted by Gasteiger charge is -2.27. The second kappa shape index (κ2) is 19.7. The summed E-state index contributed by atoms with van der Waals surface area (Å²) in [5.41, 5.74) is 0.446. The Hall–Kier alpha value is -4.92. The number of benzene rings is 1. The highest BCUT2D eigenvalue weighted by molar-refractivity contribution is 9.09. The van der Waals surface area contributed by atoms with E-state index in [1.54, 1.807) is 6.07 Å². The average molecular weight is 743 g/mol. The number of aromatic amines is 1. The van der Waals surface area contributed by atoms with Crippen LogP contribution in [0.15, 0.2) is 29.1 Å².